The standard InChI is InChI=1S/C12H20N2/c13-12(10-5-6-10)14-7-11(8-1-2-8)9-3-4-9/h8-11H,1-7H2,(H2,13,14). The molecule has 0 aromatic carbocycles. The van der Waals surface area contributed by atoms with Crippen LogP contribution >= 0.6 is 0 Å². The fourth-order valence-corrected chi connectivity index (χ4v) is 2.45. The molecule has 3 fully saturated rings. The van der Waals surface area contributed by atoms with Crippen molar-refractivity contribution in [3.63, 3.8) is 0 Å². The molecule has 3 aliphatic rings. The summed E-state index contributed by atoms with van der Waals surface area (Å²) in [5, 5.41) is 0. The Labute approximate surface area is 86.0 Å². The first-order chi connectivity index (χ1) is 6.84. The van der Waals surface area contributed by atoms with Gasteiger partial charge in [0.25, 0.3) is 0 Å². The maximum atomic E-state index is 5.92. The van der Waals surface area contributed by atoms with Crippen LogP contribution in [-0.4, -0.2) is 12.4 Å². The van der Waals surface area contributed by atoms with Crippen molar-refractivity contribution in [2.75, 3.05) is 6.54 Å². The molecule has 78 valence electrons. The zero-order chi connectivity index (χ0) is 9.54. The molecular formula is C12H20N2. The average Bonchev–Trinajstić information content (AvgIpc) is 2.95. The van der Waals surface area contributed by atoms with E-state index < -0.39 is 0 Å². The summed E-state index contributed by atoms with van der Waals surface area (Å²) >= 11 is 0. The molecule has 0 amide bonds. The van der Waals surface area contributed by atoms with Crippen molar-refractivity contribution in [1.82, 2.24) is 0 Å². The quantitative estimate of drug-likeness (QED) is 0.526. The summed E-state index contributed by atoms with van der Waals surface area (Å²) in [5.41, 5.74) is 5.92. The van der Waals surface area contributed by atoms with E-state index in [0.29, 0.717) is 5.92 Å². The van der Waals surface area contributed by atoms with Gasteiger partial charge < -0.3 is 5.73 Å². The molecular weight excluding hydrogens is 172 g/mol. The van der Waals surface area contributed by atoms with Crippen molar-refractivity contribution in [3.05, 3.63) is 0 Å². The van der Waals surface area contributed by atoms with Crippen molar-refractivity contribution in [2.45, 2.75) is 38.5 Å². The minimum Gasteiger partial charge on any atom is -0.387 e. The van der Waals surface area contributed by atoms with Gasteiger partial charge in [0.15, 0.2) is 0 Å². The molecule has 0 aliphatic heterocycles. The van der Waals surface area contributed by atoms with Gasteiger partial charge in [-0.25, -0.2) is 0 Å². The van der Waals surface area contributed by atoms with Crippen molar-refractivity contribution >= 4 is 5.84 Å². The Bertz CT molecular complexity index is 235. The van der Waals surface area contributed by atoms with Crippen molar-refractivity contribution in [2.24, 2.45) is 34.4 Å². The second kappa shape index (κ2) is 3.25. The number of hydrogen-bond donors (Lipinski definition) is 1. The van der Waals surface area contributed by atoms with Crippen LogP contribution in [0.25, 0.3) is 0 Å². The molecule has 0 atom stereocenters. The predicted molar refractivity (Wildman–Crippen MR) is 58.2 cm³/mol. The van der Waals surface area contributed by atoms with Crippen LogP contribution in [0.1, 0.15) is 38.5 Å². The van der Waals surface area contributed by atoms with Gasteiger partial charge in [-0.15, -0.1) is 0 Å². The summed E-state index contributed by atoms with van der Waals surface area (Å²) in [7, 11) is 0. The number of nitrogens with two attached hydrogens (primary N) is 1. The number of rotatable bonds is 5. The molecule has 2 heteroatoms. The Kier molecular flexibility index (Phi) is 2.03. The zero-order valence-electron chi connectivity index (χ0n) is 8.78. The number of nitrogens with zero attached hydrogens (tertiary/aromatic N) is 1. The molecule has 2 nitrogen and oxygen atoms in total. The van der Waals surface area contributed by atoms with E-state index in [9.17, 15) is 0 Å². The fourth-order valence-electron chi connectivity index (χ4n) is 2.45. The third-order valence-electron chi connectivity index (χ3n) is 3.94. The molecule has 3 aliphatic carbocycles. The lowest BCUT2D eigenvalue weighted by Gasteiger charge is -2.12. The maximum absolute atomic E-state index is 5.92. The van der Waals surface area contributed by atoms with Gasteiger partial charge >= 0.3 is 0 Å². The summed E-state index contributed by atoms with van der Waals surface area (Å²) < 4.78 is 0. The molecule has 0 aromatic heterocycles. The average molecular weight is 192 g/mol. The van der Waals surface area contributed by atoms with E-state index in [0.717, 1.165) is 30.1 Å². The maximum Gasteiger partial charge on any atom is 0.0968 e. The van der Waals surface area contributed by atoms with E-state index in [1.165, 1.54) is 38.5 Å². The molecule has 0 unspecified atom stereocenters. The molecule has 0 aromatic rings. The van der Waals surface area contributed by atoms with E-state index >= 15 is 0 Å². The number of amidine groups is 1. The van der Waals surface area contributed by atoms with Gasteiger partial charge in [0.05, 0.1) is 5.84 Å². The first-order valence-corrected chi connectivity index (χ1v) is 6.14. The summed E-state index contributed by atoms with van der Waals surface area (Å²) in [4.78, 5) is 4.60. The highest BCUT2D eigenvalue weighted by molar-refractivity contribution is 5.84. The number of hydrogen-bond acceptors (Lipinski definition) is 1. The Morgan fingerprint density at radius 3 is 2.07 bits per heavy atom. The van der Waals surface area contributed by atoms with Crippen LogP contribution in [0, 0.1) is 23.7 Å². The highest BCUT2D eigenvalue weighted by Crippen LogP contribution is 2.49. The second-order valence-corrected chi connectivity index (χ2v) is 5.38. The fraction of sp³-hybridized carbons (Fsp3) is 0.917. The first-order valence-electron chi connectivity index (χ1n) is 6.14. The van der Waals surface area contributed by atoms with E-state index in [2.05, 4.69) is 4.99 Å². The van der Waals surface area contributed by atoms with Gasteiger partial charge in [0.2, 0.25) is 0 Å². The monoisotopic (exact) mass is 192 g/mol. The predicted octanol–water partition coefficient (Wildman–Crippen LogP) is 2.19. The van der Waals surface area contributed by atoms with Gasteiger partial charge in [-0.05, 0) is 56.3 Å². The summed E-state index contributed by atoms with van der Waals surface area (Å²) in [5.74, 6) is 4.54. The van der Waals surface area contributed by atoms with Crippen LogP contribution in [0.15, 0.2) is 4.99 Å². The molecule has 3 rings (SSSR count). The topological polar surface area (TPSA) is 38.4 Å². The third-order valence-corrected chi connectivity index (χ3v) is 3.94. The first kappa shape index (κ1) is 8.75. The molecule has 0 bridgehead atoms. The lowest BCUT2D eigenvalue weighted by molar-refractivity contribution is 0.417. The summed E-state index contributed by atoms with van der Waals surface area (Å²) in [6.07, 6.45) is 8.40. The van der Waals surface area contributed by atoms with Crippen LogP contribution in [0.4, 0.5) is 0 Å². The SMILES string of the molecule is NC(=NCC(C1CC1)C1CC1)C1CC1. The second-order valence-electron chi connectivity index (χ2n) is 5.38. The number of aliphatic imine (C=N–C) groups is 1. The summed E-state index contributed by atoms with van der Waals surface area (Å²) in [6, 6.07) is 0. The van der Waals surface area contributed by atoms with Gasteiger partial charge in [0.1, 0.15) is 0 Å². The van der Waals surface area contributed by atoms with Gasteiger partial charge in [-0.2, -0.15) is 0 Å². The highest BCUT2D eigenvalue weighted by atomic mass is 14.9. The lowest BCUT2D eigenvalue weighted by atomic mass is 9.98. The molecule has 0 heterocycles. The Morgan fingerprint density at radius 1 is 1.07 bits per heavy atom. The molecule has 2 N–H and O–H groups in total. The van der Waals surface area contributed by atoms with E-state index in [1.807, 2.05) is 0 Å². The smallest absolute Gasteiger partial charge is 0.0968 e. The third kappa shape index (κ3) is 1.94. The van der Waals surface area contributed by atoms with E-state index in [4.69, 9.17) is 5.73 Å². The van der Waals surface area contributed by atoms with Crippen LogP contribution in [0.5, 0.6) is 0 Å². The van der Waals surface area contributed by atoms with Crippen molar-refractivity contribution < 1.29 is 0 Å². The molecule has 3 saturated carbocycles. The Balaban J connectivity index is 1.55. The zero-order valence-corrected chi connectivity index (χ0v) is 8.78. The van der Waals surface area contributed by atoms with Crippen LogP contribution in [0.2, 0.25) is 0 Å². The molecule has 0 saturated heterocycles. The molecule has 0 radical (unpaired) electrons. The van der Waals surface area contributed by atoms with Gasteiger partial charge in [-0.3, -0.25) is 4.99 Å². The van der Waals surface area contributed by atoms with Crippen LogP contribution in [0.3, 0.4) is 0 Å². The molecule has 14 heavy (non-hydrogen) atoms. The van der Waals surface area contributed by atoms with Crippen LogP contribution < -0.4 is 5.73 Å². The molecule has 0 spiro atoms. The van der Waals surface area contributed by atoms with E-state index in [1.54, 1.807) is 0 Å². The Hall–Kier alpha value is -0.530. The summed E-state index contributed by atoms with van der Waals surface area (Å²) in [6.45, 7) is 1.04. The Morgan fingerprint density at radius 2 is 1.64 bits per heavy atom. The minimum absolute atomic E-state index is 0.661. The largest absolute Gasteiger partial charge is 0.387 e. The normalized spacial score (nSPS) is 28.5. The minimum atomic E-state index is 0.661. The lowest BCUT2D eigenvalue weighted by Crippen LogP contribution is -2.18. The van der Waals surface area contributed by atoms with Crippen molar-refractivity contribution in [3.8, 4) is 0 Å². The van der Waals surface area contributed by atoms with Crippen molar-refractivity contribution in [1.29, 1.82) is 0 Å². The van der Waals surface area contributed by atoms with Gasteiger partial charge in [-0.1, -0.05) is 0 Å². The van der Waals surface area contributed by atoms with Gasteiger partial charge in [0, 0.05) is 12.5 Å². The highest BCUT2D eigenvalue weighted by Gasteiger charge is 2.41. The van der Waals surface area contributed by atoms with Crippen LogP contribution in [-0.2, 0) is 0 Å². The van der Waals surface area contributed by atoms with E-state index in [-0.39, 0.29) is 0 Å².